The highest BCUT2D eigenvalue weighted by molar-refractivity contribution is 9.10. The maximum atomic E-state index is 6.85. The smallest absolute Gasteiger partial charge is 0.227 e. The molecule has 2 aromatic heterocycles. The molecule has 3 nitrogen and oxygen atoms in total. The van der Waals surface area contributed by atoms with Gasteiger partial charge in [-0.2, -0.15) is 5.10 Å². The van der Waals surface area contributed by atoms with Gasteiger partial charge in [0, 0.05) is 10.7 Å². The Balaban J connectivity index is 2.87. The minimum atomic E-state index is 0.375. The summed E-state index contributed by atoms with van der Waals surface area (Å²) in [5.74, 6) is 0. The van der Waals surface area contributed by atoms with Crippen molar-refractivity contribution in [1.29, 1.82) is 0 Å². The van der Waals surface area contributed by atoms with Crippen LogP contribution in [0.2, 0.25) is 5.02 Å². The standard InChI is InChI=1S/C8H3BrClN3/c1-11-6-3-12-13-4-5(9)2-7(13)8(6)10/h2-4H. The molecule has 0 aliphatic rings. The molecule has 5 heteroatoms. The van der Waals surface area contributed by atoms with Gasteiger partial charge in [0.15, 0.2) is 0 Å². The van der Waals surface area contributed by atoms with Gasteiger partial charge in [0.1, 0.15) is 0 Å². The Kier molecular flexibility index (Phi) is 1.98. The molecule has 0 bridgehead atoms. The summed E-state index contributed by atoms with van der Waals surface area (Å²) in [6.45, 7) is 6.85. The highest BCUT2D eigenvalue weighted by atomic mass is 79.9. The summed E-state index contributed by atoms with van der Waals surface area (Å²) in [5.41, 5.74) is 1.11. The van der Waals surface area contributed by atoms with E-state index in [1.807, 2.05) is 6.07 Å². The molecule has 2 aromatic rings. The molecule has 0 aliphatic carbocycles. The molecule has 2 heterocycles. The summed E-state index contributed by atoms with van der Waals surface area (Å²) in [6, 6.07) is 1.82. The molecule has 0 N–H and O–H groups in total. The predicted molar refractivity (Wildman–Crippen MR) is 54.2 cm³/mol. The first-order chi connectivity index (χ1) is 6.22. The second-order valence-electron chi connectivity index (χ2n) is 2.44. The number of rotatable bonds is 0. The van der Waals surface area contributed by atoms with Gasteiger partial charge in [-0.3, -0.25) is 0 Å². The van der Waals surface area contributed by atoms with Crippen LogP contribution < -0.4 is 0 Å². The first-order valence-electron chi connectivity index (χ1n) is 3.42. The highest BCUT2D eigenvalue weighted by Gasteiger charge is 2.07. The Hall–Kier alpha value is -1.05. The SMILES string of the molecule is [C-]#[N+]c1cnn2cc(Br)cc2c1Cl. The third kappa shape index (κ3) is 1.30. The van der Waals surface area contributed by atoms with E-state index in [2.05, 4.69) is 25.9 Å². The third-order valence-corrected chi connectivity index (χ3v) is 2.46. The van der Waals surface area contributed by atoms with E-state index in [0.29, 0.717) is 10.7 Å². The van der Waals surface area contributed by atoms with Crippen LogP contribution in [0.25, 0.3) is 10.4 Å². The molecule has 0 aromatic carbocycles. The van der Waals surface area contributed by atoms with Gasteiger partial charge in [0.25, 0.3) is 0 Å². The Morgan fingerprint density at radius 3 is 3.08 bits per heavy atom. The zero-order chi connectivity index (χ0) is 9.42. The summed E-state index contributed by atoms with van der Waals surface area (Å²) >= 11 is 9.27. The number of fused-ring (bicyclic) bond motifs is 1. The quantitative estimate of drug-likeness (QED) is 0.663. The lowest BCUT2D eigenvalue weighted by Gasteiger charge is -1.97. The van der Waals surface area contributed by atoms with Crippen molar-refractivity contribution in [2.45, 2.75) is 0 Å². The molecule has 0 saturated carbocycles. The van der Waals surface area contributed by atoms with Gasteiger partial charge < -0.3 is 0 Å². The van der Waals surface area contributed by atoms with Crippen LogP contribution in [0.1, 0.15) is 0 Å². The topological polar surface area (TPSA) is 21.7 Å². The van der Waals surface area contributed by atoms with Gasteiger partial charge in [-0.25, -0.2) is 9.36 Å². The van der Waals surface area contributed by atoms with Crippen molar-refractivity contribution in [2.24, 2.45) is 0 Å². The van der Waals surface area contributed by atoms with Crippen LogP contribution in [0.3, 0.4) is 0 Å². The van der Waals surface area contributed by atoms with Gasteiger partial charge in [0.05, 0.1) is 23.3 Å². The molecule has 0 atom stereocenters. The first kappa shape index (κ1) is 8.54. The van der Waals surface area contributed by atoms with Crippen LogP contribution in [0.4, 0.5) is 5.69 Å². The Bertz CT molecular complexity index is 512. The summed E-state index contributed by atoms with van der Waals surface area (Å²) in [5, 5.41) is 4.46. The maximum absolute atomic E-state index is 6.85. The number of hydrogen-bond donors (Lipinski definition) is 0. The Morgan fingerprint density at radius 1 is 1.62 bits per heavy atom. The number of halogens is 2. The molecule has 0 saturated heterocycles. The fourth-order valence-corrected chi connectivity index (χ4v) is 1.71. The van der Waals surface area contributed by atoms with Gasteiger partial charge in [0.2, 0.25) is 5.69 Å². The lowest BCUT2D eigenvalue weighted by Crippen LogP contribution is -1.87. The summed E-state index contributed by atoms with van der Waals surface area (Å²) < 4.78 is 2.52. The largest absolute Gasteiger partial charge is 0.241 e. The van der Waals surface area contributed by atoms with Gasteiger partial charge >= 0.3 is 0 Å². The van der Waals surface area contributed by atoms with Crippen molar-refractivity contribution in [3.63, 3.8) is 0 Å². The molecule has 0 spiro atoms. The predicted octanol–water partition coefficient (Wildman–Crippen LogP) is 3.30. The fourth-order valence-electron chi connectivity index (χ4n) is 1.06. The summed E-state index contributed by atoms with van der Waals surface area (Å²) in [4.78, 5) is 3.26. The van der Waals surface area contributed by atoms with Crippen molar-refractivity contribution in [1.82, 2.24) is 9.61 Å². The average molecular weight is 256 g/mol. The minimum Gasteiger partial charge on any atom is -0.241 e. The van der Waals surface area contributed by atoms with Crippen molar-refractivity contribution >= 4 is 38.7 Å². The van der Waals surface area contributed by atoms with Crippen molar-refractivity contribution in [2.75, 3.05) is 0 Å². The molecule has 0 unspecified atom stereocenters. The van der Waals surface area contributed by atoms with E-state index in [-0.39, 0.29) is 0 Å². The maximum Gasteiger partial charge on any atom is 0.227 e. The van der Waals surface area contributed by atoms with Crippen molar-refractivity contribution in [3.8, 4) is 0 Å². The monoisotopic (exact) mass is 255 g/mol. The molecular weight excluding hydrogens is 253 g/mol. The van der Waals surface area contributed by atoms with Crippen LogP contribution in [-0.2, 0) is 0 Å². The second-order valence-corrected chi connectivity index (χ2v) is 3.74. The van der Waals surface area contributed by atoms with Crippen LogP contribution in [0.5, 0.6) is 0 Å². The summed E-state index contributed by atoms with van der Waals surface area (Å²) in [7, 11) is 0. The van der Waals surface area contributed by atoms with E-state index in [9.17, 15) is 0 Å². The van der Waals surface area contributed by atoms with E-state index in [1.165, 1.54) is 6.20 Å². The van der Waals surface area contributed by atoms with E-state index < -0.39 is 0 Å². The van der Waals surface area contributed by atoms with Crippen molar-refractivity contribution in [3.05, 3.63) is 39.4 Å². The van der Waals surface area contributed by atoms with Crippen LogP contribution in [0, 0.1) is 6.57 Å². The first-order valence-corrected chi connectivity index (χ1v) is 4.59. The van der Waals surface area contributed by atoms with E-state index >= 15 is 0 Å². The lowest BCUT2D eigenvalue weighted by molar-refractivity contribution is 0.943. The molecule has 2 rings (SSSR count). The molecule has 0 amide bonds. The average Bonchev–Trinajstić information content (AvgIpc) is 2.47. The normalized spacial score (nSPS) is 10.2. The van der Waals surface area contributed by atoms with E-state index in [0.717, 1.165) is 9.99 Å². The Morgan fingerprint density at radius 2 is 2.38 bits per heavy atom. The second kappa shape index (κ2) is 3.02. The molecule has 0 fully saturated rings. The molecule has 0 aliphatic heterocycles. The van der Waals surface area contributed by atoms with Crippen LogP contribution in [-0.4, -0.2) is 9.61 Å². The molecule has 13 heavy (non-hydrogen) atoms. The lowest BCUT2D eigenvalue weighted by atomic mass is 10.4. The summed E-state index contributed by atoms with van der Waals surface area (Å²) in [6.07, 6.45) is 3.24. The zero-order valence-corrected chi connectivity index (χ0v) is 8.67. The molecule has 0 radical (unpaired) electrons. The number of nitrogens with zero attached hydrogens (tertiary/aromatic N) is 3. The molecule has 64 valence electrons. The van der Waals surface area contributed by atoms with Gasteiger partial charge in [-0.05, 0) is 22.0 Å². The van der Waals surface area contributed by atoms with Crippen LogP contribution in [0.15, 0.2) is 22.9 Å². The fraction of sp³-hybridized carbons (Fsp3) is 0. The number of aromatic nitrogens is 2. The van der Waals surface area contributed by atoms with Gasteiger partial charge in [-0.1, -0.05) is 11.6 Å². The number of hydrogen-bond acceptors (Lipinski definition) is 1. The third-order valence-electron chi connectivity index (χ3n) is 1.64. The molecular formula is C8H3BrClN3. The highest BCUT2D eigenvalue weighted by Crippen LogP contribution is 2.30. The van der Waals surface area contributed by atoms with Gasteiger partial charge in [-0.15, -0.1) is 0 Å². The van der Waals surface area contributed by atoms with E-state index in [1.54, 1.807) is 10.7 Å². The Labute approximate surface area is 87.9 Å². The minimum absolute atomic E-state index is 0.375. The zero-order valence-electron chi connectivity index (χ0n) is 6.33. The van der Waals surface area contributed by atoms with Crippen molar-refractivity contribution < 1.29 is 0 Å². The van der Waals surface area contributed by atoms with Crippen LogP contribution >= 0.6 is 27.5 Å². The van der Waals surface area contributed by atoms with E-state index in [4.69, 9.17) is 18.2 Å².